The zero-order valence-corrected chi connectivity index (χ0v) is 15.4. The van der Waals surface area contributed by atoms with Crippen LogP contribution in [0.5, 0.6) is 0 Å². The Morgan fingerprint density at radius 2 is 1.96 bits per heavy atom. The summed E-state index contributed by atoms with van der Waals surface area (Å²) in [6, 6.07) is 11.9. The average molecular weight is 355 g/mol. The van der Waals surface area contributed by atoms with Gasteiger partial charge in [0.05, 0.1) is 12.5 Å². The number of rotatable bonds is 6. The van der Waals surface area contributed by atoms with E-state index in [2.05, 4.69) is 0 Å². The summed E-state index contributed by atoms with van der Waals surface area (Å²) >= 11 is 0. The molecule has 6 heteroatoms. The van der Waals surface area contributed by atoms with Gasteiger partial charge < -0.3 is 14.5 Å². The Morgan fingerprint density at radius 1 is 1.31 bits per heavy atom. The summed E-state index contributed by atoms with van der Waals surface area (Å²) in [5.41, 5.74) is 1.21. The zero-order chi connectivity index (χ0) is 18.9. The van der Waals surface area contributed by atoms with Gasteiger partial charge in [-0.3, -0.25) is 9.59 Å². The lowest BCUT2D eigenvalue weighted by Gasteiger charge is -2.30. The molecular weight excluding hydrogens is 330 g/mol. The third-order valence-corrected chi connectivity index (χ3v) is 4.38. The zero-order valence-electron chi connectivity index (χ0n) is 15.4. The molecule has 0 aliphatic carbocycles. The Bertz CT molecular complexity index is 686. The molecule has 0 bridgehead atoms. The van der Waals surface area contributed by atoms with Crippen LogP contribution in [0.1, 0.15) is 25.3 Å². The number of nitrogens with zero attached hydrogens (tertiary/aromatic N) is 3. The number of carbonyl (C=O) groups is 2. The molecule has 1 heterocycles. The van der Waals surface area contributed by atoms with Crippen molar-refractivity contribution in [3.05, 3.63) is 47.7 Å². The van der Waals surface area contributed by atoms with Crippen molar-refractivity contribution in [1.82, 2.24) is 9.80 Å². The van der Waals surface area contributed by atoms with E-state index in [1.165, 1.54) is 0 Å². The number of amides is 1. The summed E-state index contributed by atoms with van der Waals surface area (Å²) < 4.78 is 5.04. The number of hydrogen-bond donors (Lipinski definition) is 0. The van der Waals surface area contributed by atoms with E-state index < -0.39 is 0 Å². The summed E-state index contributed by atoms with van der Waals surface area (Å²) in [6.45, 7) is 3.69. The second-order valence-corrected chi connectivity index (χ2v) is 6.37. The van der Waals surface area contributed by atoms with Crippen LogP contribution in [-0.4, -0.2) is 48.4 Å². The van der Waals surface area contributed by atoms with Crippen LogP contribution in [0.3, 0.4) is 0 Å². The molecule has 1 fully saturated rings. The Hall–Kier alpha value is -2.81. The van der Waals surface area contributed by atoms with E-state index in [0.29, 0.717) is 39.1 Å². The molecular formula is C20H25N3O3. The highest BCUT2D eigenvalue weighted by molar-refractivity contribution is 5.97. The van der Waals surface area contributed by atoms with Crippen molar-refractivity contribution < 1.29 is 14.3 Å². The van der Waals surface area contributed by atoms with Crippen molar-refractivity contribution in [3.63, 3.8) is 0 Å². The van der Waals surface area contributed by atoms with Crippen LogP contribution in [0.25, 0.3) is 0 Å². The maximum Gasteiger partial charge on any atom is 0.309 e. The number of nitriles is 1. The molecule has 138 valence electrons. The lowest BCUT2D eigenvalue weighted by Crippen LogP contribution is -2.41. The Kier molecular flexibility index (Phi) is 7.22. The van der Waals surface area contributed by atoms with Gasteiger partial charge in [0.25, 0.3) is 5.91 Å². The van der Waals surface area contributed by atoms with Gasteiger partial charge in [-0.15, -0.1) is 0 Å². The second-order valence-electron chi connectivity index (χ2n) is 6.37. The highest BCUT2D eigenvalue weighted by atomic mass is 16.5. The Morgan fingerprint density at radius 3 is 2.54 bits per heavy atom. The molecule has 6 nitrogen and oxygen atoms in total. The van der Waals surface area contributed by atoms with Crippen LogP contribution in [0.15, 0.2) is 42.1 Å². The highest BCUT2D eigenvalue weighted by Crippen LogP contribution is 2.20. The van der Waals surface area contributed by atoms with Crippen LogP contribution in [-0.2, 0) is 20.9 Å². The van der Waals surface area contributed by atoms with Gasteiger partial charge in [-0.25, -0.2) is 0 Å². The van der Waals surface area contributed by atoms with Crippen molar-refractivity contribution >= 4 is 11.9 Å². The average Bonchev–Trinajstić information content (AvgIpc) is 2.66. The molecule has 0 radical (unpaired) electrons. The Labute approximate surface area is 154 Å². The van der Waals surface area contributed by atoms with Gasteiger partial charge in [-0.05, 0) is 25.3 Å². The van der Waals surface area contributed by atoms with Crippen LogP contribution in [0.2, 0.25) is 0 Å². The molecule has 1 aliphatic heterocycles. The highest BCUT2D eigenvalue weighted by Gasteiger charge is 2.29. The van der Waals surface area contributed by atoms with Gasteiger partial charge in [-0.1, -0.05) is 30.3 Å². The summed E-state index contributed by atoms with van der Waals surface area (Å²) in [5.74, 6) is -0.637. The molecule has 1 aromatic carbocycles. The van der Waals surface area contributed by atoms with Gasteiger partial charge in [0.2, 0.25) is 0 Å². The van der Waals surface area contributed by atoms with E-state index in [1.54, 1.807) is 18.0 Å². The van der Waals surface area contributed by atoms with E-state index in [9.17, 15) is 14.9 Å². The predicted octanol–water partition coefficient (Wildman–Crippen LogP) is 2.33. The molecule has 1 aliphatic rings. The number of hydrogen-bond acceptors (Lipinski definition) is 5. The molecule has 0 spiro atoms. The van der Waals surface area contributed by atoms with Gasteiger partial charge in [0.1, 0.15) is 11.6 Å². The number of benzene rings is 1. The lowest BCUT2D eigenvalue weighted by atomic mass is 9.96. The molecule has 0 aromatic heterocycles. The minimum Gasteiger partial charge on any atom is -0.466 e. The summed E-state index contributed by atoms with van der Waals surface area (Å²) in [5, 5.41) is 9.39. The molecule has 0 unspecified atom stereocenters. The van der Waals surface area contributed by atoms with Crippen LogP contribution >= 0.6 is 0 Å². The van der Waals surface area contributed by atoms with E-state index in [0.717, 1.165) is 5.56 Å². The first-order chi connectivity index (χ1) is 12.5. The van der Waals surface area contributed by atoms with Gasteiger partial charge in [0.15, 0.2) is 0 Å². The van der Waals surface area contributed by atoms with Gasteiger partial charge >= 0.3 is 5.97 Å². The quantitative estimate of drug-likeness (QED) is 0.445. The fourth-order valence-electron chi connectivity index (χ4n) is 3.02. The Balaban J connectivity index is 1.94. The lowest BCUT2D eigenvalue weighted by molar-refractivity contribution is -0.150. The van der Waals surface area contributed by atoms with Crippen LogP contribution in [0, 0.1) is 17.2 Å². The van der Waals surface area contributed by atoms with Crippen molar-refractivity contribution in [2.75, 3.05) is 26.7 Å². The first-order valence-electron chi connectivity index (χ1n) is 8.87. The van der Waals surface area contributed by atoms with Crippen molar-refractivity contribution in [3.8, 4) is 6.07 Å². The number of ether oxygens (including phenoxy) is 1. The van der Waals surface area contributed by atoms with E-state index >= 15 is 0 Å². The minimum absolute atomic E-state index is 0.109. The van der Waals surface area contributed by atoms with Gasteiger partial charge in [-0.2, -0.15) is 5.26 Å². The number of carbonyl (C=O) groups excluding carboxylic acids is 2. The first kappa shape index (κ1) is 19.5. The fraction of sp³-hybridized carbons (Fsp3) is 0.450. The van der Waals surface area contributed by atoms with Crippen molar-refractivity contribution in [1.29, 1.82) is 5.26 Å². The van der Waals surface area contributed by atoms with Crippen LogP contribution in [0.4, 0.5) is 0 Å². The van der Waals surface area contributed by atoms with E-state index in [1.807, 2.05) is 48.3 Å². The normalized spacial score (nSPS) is 15.3. The van der Waals surface area contributed by atoms with Gasteiger partial charge in [0, 0.05) is 32.9 Å². The molecule has 0 N–H and O–H groups in total. The van der Waals surface area contributed by atoms with Crippen molar-refractivity contribution in [2.45, 2.75) is 26.3 Å². The summed E-state index contributed by atoms with van der Waals surface area (Å²) in [4.78, 5) is 27.9. The monoisotopic (exact) mass is 355 g/mol. The van der Waals surface area contributed by atoms with Crippen LogP contribution < -0.4 is 0 Å². The van der Waals surface area contributed by atoms with E-state index in [4.69, 9.17) is 4.74 Å². The number of piperidine rings is 1. The predicted molar refractivity (Wildman–Crippen MR) is 97.5 cm³/mol. The molecule has 0 atom stereocenters. The third-order valence-electron chi connectivity index (χ3n) is 4.38. The smallest absolute Gasteiger partial charge is 0.309 e. The maximum atomic E-state index is 12.6. The first-order valence-corrected chi connectivity index (χ1v) is 8.87. The summed E-state index contributed by atoms with van der Waals surface area (Å²) in [7, 11) is 1.84. The standard InChI is InChI=1S/C20H25N3O3/c1-3-26-20(25)17-9-11-23(12-10-17)19(24)18(13-21)15-22(2)14-16-7-5-4-6-8-16/h4-8,15,17H,3,9-12,14H2,1-2H3/b18-15-. The minimum atomic E-state index is -0.283. The molecule has 0 saturated carbocycles. The fourth-order valence-corrected chi connectivity index (χ4v) is 3.02. The molecule has 1 amide bonds. The van der Waals surface area contributed by atoms with E-state index in [-0.39, 0.29) is 23.4 Å². The largest absolute Gasteiger partial charge is 0.466 e. The SMILES string of the molecule is CCOC(=O)C1CCN(C(=O)/C(C#N)=C\N(C)Cc2ccccc2)CC1. The molecule has 26 heavy (non-hydrogen) atoms. The molecule has 1 saturated heterocycles. The topological polar surface area (TPSA) is 73.6 Å². The molecule has 1 aromatic rings. The third kappa shape index (κ3) is 5.35. The second kappa shape index (κ2) is 9.62. The maximum absolute atomic E-state index is 12.6. The number of likely N-dealkylation sites (tertiary alicyclic amines) is 1. The van der Waals surface area contributed by atoms with Crippen molar-refractivity contribution in [2.24, 2.45) is 5.92 Å². The summed E-state index contributed by atoms with van der Waals surface area (Å²) in [6.07, 6.45) is 2.74. The molecule has 2 rings (SSSR count). The number of esters is 1.